The summed E-state index contributed by atoms with van der Waals surface area (Å²) in [6.07, 6.45) is 17.1. The fraction of sp³-hybridized carbons (Fsp3) is 0.686. The summed E-state index contributed by atoms with van der Waals surface area (Å²) >= 11 is 0. The molecule has 0 heterocycles. The molecule has 1 fully saturated rings. The van der Waals surface area contributed by atoms with Crippen molar-refractivity contribution in [3.8, 4) is 11.5 Å². The average Bonchev–Trinajstić information content (AvgIpc) is 3.72. The lowest BCUT2D eigenvalue weighted by Gasteiger charge is -2.32. The molecule has 0 spiro atoms. The number of aromatic hydroxyl groups is 1. The lowest BCUT2D eigenvalue weighted by Crippen LogP contribution is -2.31. The Morgan fingerprint density at radius 3 is 2.25 bits per heavy atom. The molecule has 0 aromatic heterocycles. The van der Waals surface area contributed by atoms with E-state index in [0.29, 0.717) is 12.0 Å². The van der Waals surface area contributed by atoms with Crippen molar-refractivity contribution in [3.63, 3.8) is 0 Å². The second kappa shape index (κ2) is 18.3. The molecule has 3 atom stereocenters. The smallest absolute Gasteiger partial charge is 0.473 e. The molecule has 2 aliphatic rings. The van der Waals surface area contributed by atoms with Crippen LogP contribution in [-0.2, 0) is 24.8 Å². The van der Waals surface area contributed by atoms with E-state index in [0.717, 1.165) is 68.9 Å². The summed E-state index contributed by atoms with van der Waals surface area (Å²) in [4.78, 5) is 24.0. The molecule has 1 aromatic carbocycles. The number of carbonyl (C=O) groups is 1. The second-order valence-electron chi connectivity index (χ2n) is 12.8. The first kappa shape index (κ1) is 38.2. The van der Waals surface area contributed by atoms with Gasteiger partial charge in [-0.1, -0.05) is 95.4 Å². The molecule has 9 heteroatoms. The van der Waals surface area contributed by atoms with Gasteiger partial charge >= 0.3 is 13.8 Å². The molecule has 0 saturated heterocycles. The second-order valence-corrected chi connectivity index (χ2v) is 14.1. The predicted octanol–water partition coefficient (Wildman–Crippen LogP) is 10.0. The van der Waals surface area contributed by atoms with E-state index in [2.05, 4.69) is 33.4 Å². The predicted molar refractivity (Wildman–Crippen MR) is 177 cm³/mol. The number of hydrogen-bond donors (Lipinski definition) is 3. The van der Waals surface area contributed by atoms with Crippen LogP contribution < -0.4 is 10.9 Å². The minimum absolute atomic E-state index is 0. The molecule has 44 heavy (non-hydrogen) atoms. The van der Waals surface area contributed by atoms with Gasteiger partial charge < -0.3 is 20.9 Å². The van der Waals surface area contributed by atoms with Gasteiger partial charge in [0.2, 0.25) is 0 Å². The highest BCUT2D eigenvalue weighted by Crippen LogP contribution is 2.56. The van der Waals surface area contributed by atoms with E-state index in [1.54, 1.807) is 6.07 Å². The zero-order valence-corrected chi connectivity index (χ0v) is 28.6. The number of benzene rings is 1. The van der Waals surface area contributed by atoms with Crippen molar-refractivity contribution in [3.05, 3.63) is 47.1 Å². The Hall–Kier alpha value is -1.96. The van der Waals surface area contributed by atoms with Gasteiger partial charge in [0, 0.05) is 11.5 Å². The van der Waals surface area contributed by atoms with Crippen LogP contribution in [0, 0.1) is 5.92 Å². The number of phenolic OH excluding ortho intramolecular Hbond substituents is 1. The minimum atomic E-state index is -4.46. The SMILES string of the molecule is C=C(C)[C@@H]1CCC(C)=C[C@H]1c1c(O)cc(CCCCC)cc1OC(=O)C1(OP(=O)(O)OCCCCCCCCCC)CC1.N. The number of allylic oxidation sites excluding steroid dienone is 3. The first-order valence-electron chi connectivity index (χ1n) is 16.6. The third-order valence-corrected chi connectivity index (χ3v) is 9.87. The van der Waals surface area contributed by atoms with Crippen molar-refractivity contribution >= 4 is 13.8 Å². The Balaban J connectivity index is 0.00000675. The van der Waals surface area contributed by atoms with Gasteiger partial charge in [-0.3, -0.25) is 9.05 Å². The highest BCUT2D eigenvalue weighted by atomic mass is 31.2. The van der Waals surface area contributed by atoms with E-state index in [1.165, 1.54) is 31.3 Å². The van der Waals surface area contributed by atoms with E-state index < -0.39 is 19.4 Å². The number of carbonyl (C=O) groups excluding carboxylic acids is 1. The number of aryl methyl sites for hydroxylation is 1. The number of rotatable bonds is 20. The molecule has 0 amide bonds. The average molecular weight is 636 g/mol. The normalized spacial score (nSPS) is 20.2. The third-order valence-electron chi connectivity index (χ3n) is 8.78. The van der Waals surface area contributed by atoms with Crippen LogP contribution in [0.3, 0.4) is 0 Å². The highest BCUT2D eigenvalue weighted by molar-refractivity contribution is 7.47. The first-order valence-corrected chi connectivity index (χ1v) is 18.1. The van der Waals surface area contributed by atoms with E-state index in [9.17, 15) is 19.4 Å². The maximum Gasteiger partial charge on any atom is 0.473 e. The summed E-state index contributed by atoms with van der Waals surface area (Å²) in [5.74, 6) is -0.472. The van der Waals surface area contributed by atoms with Crippen molar-refractivity contribution in [2.45, 2.75) is 142 Å². The van der Waals surface area contributed by atoms with Gasteiger partial charge in [-0.25, -0.2) is 9.36 Å². The van der Waals surface area contributed by atoms with Crippen LogP contribution in [0.1, 0.15) is 141 Å². The Bertz CT molecular complexity index is 1160. The topological polar surface area (TPSA) is 137 Å². The molecule has 0 aliphatic heterocycles. The lowest BCUT2D eigenvalue weighted by atomic mass is 9.73. The maximum absolute atomic E-state index is 13.5. The molecule has 1 aromatic rings. The lowest BCUT2D eigenvalue weighted by molar-refractivity contribution is -0.145. The summed E-state index contributed by atoms with van der Waals surface area (Å²) in [5, 5.41) is 11.3. The summed E-state index contributed by atoms with van der Waals surface area (Å²) in [6.45, 7) is 12.7. The van der Waals surface area contributed by atoms with Crippen molar-refractivity contribution in [1.82, 2.24) is 6.15 Å². The minimum Gasteiger partial charge on any atom is -0.507 e. The van der Waals surface area contributed by atoms with Crippen LogP contribution in [0.15, 0.2) is 35.9 Å². The number of esters is 1. The van der Waals surface area contributed by atoms with Crippen molar-refractivity contribution < 1.29 is 33.1 Å². The van der Waals surface area contributed by atoms with Gasteiger partial charge in [-0.15, -0.1) is 0 Å². The van der Waals surface area contributed by atoms with Gasteiger partial charge in [0.15, 0.2) is 5.60 Å². The van der Waals surface area contributed by atoms with Crippen LogP contribution >= 0.6 is 7.82 Å². The number of phosphoric acid groups is 1. The summed E-state index contributed by atoms with van der Waals surface area (Å²) in [7, 11) is -4.46. The van der Waals surface area contributed by atoms with Crippen LogP contribution in [-0.4, -0.2) is 28.2 Å². The number of ether oxygens (including phenoxy) is 1. The van der Waals surface area contributed by atoms with Crippen LogP contribution in [0.2, 0.25) is 0 Å². The van der Waals surface area contributed by atoms with Gasteiger partial charge in [-0.2, -0.15) is 0 Å². The number of phosphoric ester groups is 1. The first-order chi connectivity index (χ1) is 20.5. The largest absolute Gasteiger partial charge is 0.507 e. The summed E-state index contributed by atoms with van der Waals surface area (Å²) < 4.78 is 29.5. The summed E-state index contributed by atoms with van der Waals surface area (Å²) in [5.41, 5.74) is 2.12. The summed E-state index contributed by atoms with van der Waals surface area (Å²) in [6, 6.07) is 3.61. The van der Waals surface area contributed by atoms with Crippen LogP contribution in [0.4, 0.5) is 0 Å². The number of hydrogen-bond acceptors (Lipinski definition) is 7. The Kier molecular flexibility index (Phi) is 15.9. The monoisotopic (exact) mass is 635 g/mol. The van der Waals surface area contributed by atoms with Gasteiger partial charge in [0.05, 0.1) is 6.61 Å². The molecule has 1 saturated carbocycles. The molecule has 1 unspecified atom stereocenters. The molecule has 0 bridgehead atoms. The van der Waals surface area contributed by atoms with E-state index in [4.69, 9.17) is 13.8 Å². The Morgan fingerprint density at radius 1 is 1.02 bits per heavy atom. The standard InChI is InChI=1S/C35H55O7P.H3N/c1-6-8-10-11-12-13-14-16-22-40-43(38,39)42-35(20-21-35)34(37)41-32-25-28(17-15-9-7-2)24-31(36)33(32)30-23-27(5)18-19-29(30)26(3)4;/h23-25,29-30,36H,3,6-22H2,1-2,4-5H3,(H,38,39);1H3/t29-,30+;/m0./s1. The fourth-order valence-corrected chi connectivity index (χ4v) is 7.13. The quantitative estimate of drug-likeness (QED) is 0.0423. The molecule has 2 aliphatic carbocycles. The third kappa shape index (κ3) is 11.4. The van der Waals surface area contributed by atoms with Gasteiger partial charge in [-0.05, 0) is 82.4 Å². The fourth-order valence-electron chi connectivity index (χ4n) is 6.02. The zero-order chi connectivity index (χ0) is 31.5. The van der Waals surface area contributed by atoms with E-state index in [-0.39, 0.29) is 48.9 Å². The van der Waals surface area contributed by atoms with Gasteiger partial charge in [0.1, 0.15) is 11.5 Å². The maximum atomic E-state index is 13.5. The van der Waals surface area contributed by atoms with Crippen LogP contribution in [0.5, 0.6) is 11.5 Å². The highest BCUT2D eigenvalue weighted by Gasteiger charge is 2.58. The Morgan fingerprint density at radius 2 is 1.64 bits per heavy atom. The van der Waals surface area contributed by atoms with Crippen molar-refractivity contribution in [2.24, 2.45) is 5.92 Å². The van der Waals surface area contributed by atoms with E-state index in [1.807, 2.05) is 13.0 Å². The molecular formula is C35H58NO7P. The van der Waals surface area contributed by atoms with Crippen molar-refractivity contribution in [2.75, 3.05) is 6.61 Å². The van der Waals surface area contributed by atoms with Crippen molar-refractivity contribution in [1.29, 1.82) is 0 Å². The van der Waals surface area contributed by atoms with Gasteiger partial charge in [0.25, 0.3) is 0 Å². The molecule has 0 radical (unpaired) electrons. The molecule has 5 N–H and O–H groups in total. The van der Waals surface area contributed by atoms with Crippen LogP contribution in [0.25, 0.3) is 0 Å². The molecule has 3 rings (SSSR count). The number of phenols is 1. The molecular weight excluding hydrogens is 577 g/mol. The number of unbranched alkanes of at least 4 members (excludes halogenated alkanes) is 9. The molecule has 250 valence electrons. The molecule has 8 nitrogen and oxygen atoms in total. The van der Waals surface area contributed by atoms with E-state index >= 15 is 0 Å². The Labute approximate surface area is 265 Å². The zero-order valence-electron chi connectivity index (χ0n) is 27.7.